The summed E-state index contributed by atoms with van der Waals surface area (Å²) in [6.45, 7) is 7.80. The van der Waals surface area contributed by atoms with Crippen molar-refractivity contribution in [2.75, 3.05) is 0 Å². The van der Waals surface area contributed by atoms with Gasteiger partial charge in [0.1, 0.15) is 12.1 Å². The van der Waals surface area contributed by atoms with Gasteiger partial charge in [-0.3, -0.25) is 4.79 Å². The number of ketones is 1. The molecule has 0 aromatic carbocycles. The smallest absolute Gasteiger partial charge is 0.149 e. The zero-order valence-corrected chi connectivity index (χ0v) is 8.18. The van der Waals surface area contributed by atoms with Crippen molar-refractivity contribution in [1.29, 1.82) is 0 Å². The van der Waals surface area contributed by atoms with Crippen LogP contribution in [0.3, 0.4) is 0 Å². The predicted octanol–water partition coefficient (Wildman–Crippen LogP) is 1.83. The maximum absolute atomic E-state index is 11.6. The van der Waals surface area contributed by atoms with E-state index >= 15 is 0 Å². The Morgan fingerprint density at radius 2 is 1.83 bits per heavy atom. The van der Waals surface area contributed by atoms with E-state index in [0.29, 0.717) is 0 Å². The van der Waals surface area contributed by atoms with E-state index in [4.69, 9.17) is 0 Å². The Morgan fingerprint density at radius 3 is 2.00 bits per heavy atom. The summed E-state index contributed by atoms with van der Waals surface area (Å²) < 4.78 is 0. The lowest BCUT2D eigenvalue weighted by atomic mass is 9.82. The van der Waals surface area contributed by atoms with E-state index in [9.17, 15) is 9.59 Å². The van der Waals surface area contributed by atoms with Crippen LogP contribution in [0.4, 0.5) is 0 Å². The molecule has 2 nitrogen and oxygen atoms in total. The number of Topliss-reactive ketones (excluding diaryl/α,β-unsaturated/α-hetero) is 1. The second kappa shape index (κ2) is 2.41. The minimum atomic E-state index is -0.396. The first-order valence-corrected chi connectivity index (χ1v) is 4.31. The Kier molecular flexibility index (Phi) is 1.89. The van der Waals surface area contributed by atoms with Gasteiger partial charge in [0.15, 0.2) is 0 Å². The molecule has 0 N–H and O–H groups in total. The van der Waals surface area contributed by atoms with Crippen LogP contribution in [0.5, 0.6) is 0 Å². The van der Waals surface area contributed by atoms with Gasteiger partial charge in [-0.05, 0) is 11.8 Å². The molecule has 1 unspecified atom stereocenters. The van der Waals surface area contributed by atoms with Gasteiger partial charge in [0.2, 0.25) is 0 Å². The number of carbonyl (C=O) groups is 2. The molecule has 1 aliphatic carbocycles. The lowest BCUT2D eigenvalue weighted by Gasteiger charge is -2.21. The Morgan fingerprint density at radius 1 is 1.33 bits per heavy atom. The molecule has 0 aromatic heterocycles. The van der Waals surface area contributed by atoms with Crippen LogP contribution in [0, 0.1) is 16.7 Å². The minimum absolute atomic E-state index is 0.0995. The standard InChI is InChI=1S/C10H16O2/c1-9(2)6-10(3,4)8(12)7(9)5-11/h5,7H,6H2,1-4H3. The van der Waals surface area contributed by atoms with Crippen molar-refractivity contribution in [2.45, 2.75) is 34.1 Å². The highest BCUT2D eigenvalue weighted by Crippen LogP contribution is 2.48. The van der Waals surface area contributed by atoms with Crippen LogP contribution in [0.25, 0.3) is 0 Å². The van der Waals surface area contributed by atoms with Crippen molar-refractivity contribution in [1.82, 2.24) is 0 Å². The van der Waals surface area contributed by atoms with E-state index < -0.39 is 5.92 Å². The van der Waals surface area contributed by atoms with Crippen molar-refractivity contribution in [3.05, 3.63) is 0 Å². The van der Waals surface area contributed by atoms with E-state index in [2.05, 4.69) is 0 Å². The summed E-state index contributed by atoms with van der Waals surface area (Å²) in [6, 6.07) is 0. The number of carbonyl (C=O) groups excluding carboxylic acids is 2. The fourth-order valence-corrected chi connectivity index (χ4v) is 2.36. The van der Waals surface area contributed by atoms with Crippen LogP contribution < -0.4 is 0 Å². The van der Waals surface area contributed by atoms with Crippen LogP contribution in [-0.4, -0.2) is 12.1 Å². The topological polar surface area (TPSA) is 34.1 Å². The van der Waals surface area contributed by atoms with Gasteiger partial charge >= 0.3 is 0 Å². The van der Waals surface area contributed by atoms with E-state index in [-0.39, 0.29) is 16.6 Å². The van der Waals surface area contributed by atoms with Gasteiger partial charge in [-0.2, -0.15) is 0 Å². The maximum atomic E-state index is 11.6. The van der Waals surface area contributed by atoms with Crippen LogP contribution in [-0.2, 0) is 9.59 Å². The van der Waals surface area contributed by atoms with Gasteiger partial charge in [0.25, 0.3) is 0 Å². The molecular formula is C10H16O2. The number of hydrogen-bond donors (Lipinski definition) is 0. The molecule has 1 aliphatic rings. The van der Waals surface area contributed by atoms with Crippen molar-refractivity contribution < 1.29 is 9.59 Å². The van der Waals surface area contributed by atoms with Crippen LogP contribution >= 0.6 is 0 Å². The average molecular weight is 168 g/mol. The number of rotatable bonds is 1. The molecule has 0 spiro atoms. The Bertz CT molecular complexity index is 226. The molecule has 0 radical (unpaired) electrons. The van der Waals surface area contributed by atoms with Crippen LogP contribution in [0.1, 0.15) is 34.1 Å². The van der Waals surface area contributed by atoms with Gasteiger partial charge in [-0.15, -0.1) is 0 Å². The highest BCUT2D eigenvalue weighted by Gasteiger charge is 2.51. The fraction of sp³-hybridized carbons (Fsp3) is 0.800. The summed E-state index contributed by atoms with van der Waals surface area (Å²) in [5, 5.41) is 0. The third kappa shape index (κ3) is 1.19. The van der Waals surface area contributed by atoms with Crippen LogP contribution in [0.15, 0.2) is 0 Å². The first-order chi connectivity index (χ1) is 5.31. The zero-order chi connectivity index (χ0) is 9.57. The third-order valence-corrected chi connectivity index (χ3v) is 2.83. The van der Waals surface area contributed by atoms with Crippen molar-refractivity contribution in [2.24, 2.45) is 16.7 Å². The van der Waals surface area contributed by atoms with E-state index in [0.717, 1.165) is 12.7 Å². The lowest BCUT2D eigenvalue weighted by molar-refractivity contribution is -0.131. The monoisotopic (exact) mass is 168 g/mol. The third-order valence-electron chi connectivity index (χ3n) is 2.83. The van der Waals surface area contributed by atoms with E-state index in [1.165, 1.54) is 0 Å². The molecular weight excluding hydrogens is 152 g/mol. The molecule has 0 saturated heterocycles. The summed E-state index contributed by atoms with van der Waals surface area (Å²) in [6.07, 6.45) is 1.61. The molecule has 1 fully saturated rings. The van der Waals surface area contributed by atoms with Crippen molar-refractivity contribution in [3.63, 3.8) is 0 Å². The molecule has 0 bridgehead atoms. The summed E-state index contributed by atoms with van der Waals surface area (Å²) in [5.41, 5.74) is -0.461. The van der Waals surface area contributed by atoms with E-state index in [1.807, 2.05) is 27.7 Å². The zero-order valence-electron chi connectivity index (χ0n) is 8.18. The Hall–Kier alpha value is -0.660. The predicted molar refractivity (Wildman–Crippen MR) is 46.7 cm³/mol. The van der Waals surface area contributed by atoms with Gasteiger partial charge in [0, 0.05) is 5.41 Å². The van der Waals surface area contributed by atoms with Gasteiger partial charge in [0.05, 0.1) is 5.92 Å². The molecule has 68 valence electrons. The second-order valence-electron chi connectivity index (χ2n) is 5.03. The molecule has 2 heteroatoms. The summed E-state index contributed by atoms with van der Waals surface area (Å²) >= 11 is 0. The molecule has 0 aliphatic heterocycles. The molecule has 1 rings (SSSR count). The molecule has 0 heterocycles. The quantitative estimate of drug-likeness (QED) is 0.442. The second-order valence-corrected chi connectivity index (χ2v) is 5.03. The average Bonchev–Trinajstić information content (AvgIpc) is 1.98. The SMILES string of the molecule is CC1(C)CC(C)(C)C(C=O)C1=O. The molecule has 1 atom stereocenters. The molecule has 0 aromatic rings. The highest BCUT2D eigenvalue weighted by molar-refractivity contribution is 5.99. The largest absolute Gasteiger partial charge is 0.303 e. The van der Waals surface area contributed by atoms with Crippen LogP contribution in [0.2, 0.25) is 0 Å². The molecule has 0 amide bonds. The summed E-state index contributed by atoms with van der Waals surface area (Å²) in [7, 11) is 0. The van der Waals surface area contributed by atoms with Gasteiger partial charge < -0.3 is 4.79 Å². The lowest BCUT2D eigenvalue weighted by Crippen LogP contribution is -2.25. The van der Waals surface area contributed by atoms with Gasteiger partial charge in [-0.25, -0.2) is 0 Å². The first-order valence-electron chi connectivity index (χ1n) is 4.31. The Labute approximate surface area is 73.3 Å². The van der Waals surface area contributed by atoms with Gasteiger partial charge in [-0.1, -0.05) is 27.7 Å². The van der Waals surface area contributed by atoms with E-state index in [1.54, 1.807) is 0 Å². The molecule has 12 heavy (non-hydrogen) atoms. The summed E-state index contributed by atoms with van der Waals surface area (Å²) in [4.78, 5) is 22.3. The minimum Gasteiger partial charge on any atom is -0.303 e. The van der Waals surface area contributed by atoms with Crippen molar-refractivity contribution in [3.8, 4) is 0 Å². The fourth-order valence-electron chi connectivity index (χ4n) is 2.36. The highest BCUT2D eigenvalue weighted by atomic mass is 16.1. The normalized spacial score (nSPS) is 32.0. The van der Waals surface area contributed by atoms with Crippen molar-refractivity contribution >= 4 is 12.1 Å². The number of aldehydes is 1. The molecule has 1 saturated carbocycles. The number of hydrogen-bond acceptors (Lipinski definition) is 2. The first kappa shape index (κ1) is 9.43. The summed E-state index contributed by atoms with van der Waals surface area (Å²) in [5.74, 6) is -0.296. The maximum Gasteiger partial charge on any atom is 0.149 e. The Balaban J connectivity index is 3.03.